The minimum Gasteiger partial charge on any atom is -0.479 e. The zero-order valence-corrected chi connectivity index (χ0v) is 17.2. The quantitative estimate of drug-likeness (QED) is 0.645. The summed E-state index contributed by atoms with van der Waals surface area (Å²) in [5.41, 5.74) is 2.20. The Hall–Kier alpha value is -2.90. The first kappa shape index (κ1) is 19.4. The monoisotopic (exact) mass is 427 g/mol. The average Bonchev–Trinajstić information content (AvgIpc) is 3.17. The van der Waals surface area contributed by atoms with Gasteiger partial charge in [-0.05, 0) is 25.1 Å². The van der Waals surface area contributed by atoms with Crippen LogP contribution in [0.15, 0.2) is 53.9 Å². The molecule has 6 nitrogen and oxygen atoms in total. The van der Waals surface area contributed by atoms with Gasteiger partial charge in [-0.3, -0.25) is 9.59 Å². The molecular weight excluding hydrogens is 410 g/mol. The second-order valence-corrected chi connectivity index (χ2v) is 7.80. The zero-order valence-electron chi connectivity index (χ0n) is 15.6. The highest BCUT2D eigenvalue weighted by molar-refractivity contribution is 7.14. The first-order chi connectivity index (χ1) is 14.0. The van der Waals surface area contributed by atoms with Crippen molar-refractivity contribution in [2.45, 2.75) is 19.4 Å². The van der Waals surface area contributed by atoms with Gasteiger partial charge in [-0.2, -0.15) is 0 Å². The topological polar surface area (TPSA) is 71.5 Å². The number of amides is 2. The van der Waals surface area contributed by atoms with Crippen LogP contribution >= 0.6 is 22.9 Å². The predicted molar refractivity (Wildman–Crippen MR) is 115 cm³/mol. The van der Waals surface area contributed by atoms with Crippen LogP contribution in [0.1, 0.15) is 13.3 Å². The molecule has 148 valence electrons. The van der Waals surface area contributed by atoms with Crippen LogP contribution in [-0.2, 0) is 9.59 Å². The van der Waals surface area contributed by atoms with Crippen molar-refractivity contribution in [3.8, 4) is 17.0 Å². The number of carbonyl (C=O) groups excluding carboxylic acids is 2. The number of carbonyl (C=O) groups is 2. The SMILES string of the molecule is C[C@@H]1Oc2ccccc2N(CCC(=O)Nc2nc(-c3ccccc3Cl)cs2)C1=O. The highest BCUT2D eigenvalue weighted by atomic mass is 35.5. The molecule has 2 heterocycles. The van der Waals surface area contributed by atoms with Crippen LogP contribution in [0.3, 0.4) is 0 Å². The number of thiazole rings is 1. The Morgan fingerprint density at radius 1 is 1.24 bits per heavy atom. The number of para-hydroxylation sites is 2. The Balaban J connectivity index is 1.41. The van der Waals surface area contributed by atoms with Crippen LogP contribution in [0.2, 0.25) is 5.02 Å². The van der Waals surface area contributed by atoms with E-state index in [4.69, 9.17) is 16.3 Å². The minimum absolute atomic E-state index is 0.147. The molecule has 1 aromatic heterocycles. The molecule has 29 heavy (non-hydrogen) atoms. The molecule has 2 amide bonds. The Morgan fingerprint density at radius 3 is 2.83 bits per heavy atom. The smallest absolute Gasteiger partial charge is 0.267 e. The highest BCUT2D eigenvalue weighted by Crippen LogP contribution is 2.34. The molecule has 1 aliphatic rings. The van der Waals surface area contributed by atoms with Crippen molar-refractivity contribution in [1.82, 2.24) is 4.98 Å². The summed E-state index contributed by atoms with van der Waals surface area (Å²) in [6, 6.07) is 14.7. The zero-order chi connectivity index (χ0) is 20.4. The fourth-order valence-corrected chi connectivity index (χ4v) is 4.07. The molecule has 0 aliphatic carbocycles. The average molecular weight is 428 g/mol. The molecular formula is C21H18ClN3O3S. The van der Waals surface area contributed by atoms with Crippen molar-refractivity contribution in [1.29, 1.82) is 0 Å². The Labute approximate surface area is 177 Å². The van der Waals surface area contributed by atoms with E-state index in [0.29, 0.717) is 27.3 Å². The maximum atomic E-state index is 12.5. The van der Waals surface area contributed by atoms with Gasteiger partial charge in [-0.1, -0.05) is 41.9 Å². The van der Waals surface area contributed by atoms with Crippen LogP contribution in [0.25, 0.3) is 11.3 Å². The van der Waals surface area contributed by atoms with Gasteiger partial charge in [0.25, 0.3) is 5.91 Å². The van der Waals surface area contributed by atoms with Gasteiger partial charge in [0, 0.05) is 28.9 Å². The van der Waals surface area contributed by atoms with Gasteiger partial charge in [-0.25, -0.2) is 4.98 Å². The van der Waals surface area contributed by atoms with E-state index in [9.17, 15) is 9.59 Å². The van der Waals surface area contributed by atoms with Crippen molar-refractivity contribution >= 4 is 45.6 Å². The molecule has 4 rings (SSSR count). The summed E-state index contributed by atoms with van der Waals surface area (Å²) in [5.74, 6) is 0.269. The molecule has 0 bridgehead atoms. The number of anilines is 2. The lowest BCUT2D eigenvalue weighted by Gasteiger charge is -2.32. The molecule has 1 atom stereocenters. The summed E-state index contributed by atoms with van der Waals surface area (Å²) >= 11 is 7.54. The number of aromatic nitrogens is 1. The fraction of sp³-hybridized carbons (Fsp3) is 0.190. The Kier molecular flexibility index (Phi) is 5.51. The Bertz CT molecular complexity index is 1070. The van der Waals surface area contributed by atoms with E-state index >= 15 is 0 Å². The van der Waals surface area contributed by atoms with Crippen molar-refractivity contribution in [2.24, 2.45) is 0 Å². The van der Waals surface area contributed by atoms with E-state index in [1.54, 1.807) is 17.9 Å². The second kappa shape index (κ2) is 8.23. The maximum Gasteiger partial charge on any atom is 0.267 e. The standard InChI is InChI=1S/C21H18ClN3O3S/c1-13-20(27)25(17-8-4-5-9-18(17)28-13)11-10-19(26)24-21-23-16(12-29-21)14-6-2-3-7-15(14)22/h2-9,12-13H,10-11H2,1H3,(H,23,24,26)/t13-/m0/s1. The molecule has 8 heteroatoms. The number of nitrogens with zero attached hydrogens (tertiary/aromatic N) is 2. The van der Waals surface area contributed by atoms with E-state index in [-0.39, 0.29) is 24.8 Å². The minimum atomic E-state index is -0.579. The van der Waals surface area contributed by atoms with Gasteiger partial charge in [0.1, 0.15) is 5.75 Å². The number of hydrogen-bond donors (Lipinski definition) is 1. The van der Waals surface area contributed by atoms with E-state index in [2.05, 4.69) is 10.3 Å². The summed E-state index contributed by atoms with van der Waals surface area (Å²) in [6.07, 6.45) is -0.432. The number of rotatable bonds is 5. The molecule has 0 radical (unpaired) electrons. The fourth-order valence-electron chi connectivity index (χ4n) is 3.11. The maximum absolute atomic E-state index is 12.5. The summed E-state index contributed by atoms with van der Waals surface area (Å²) in [6.45, 7) is 1.97. The van der Waals surface area contributed by atoms with Crippen LogP contribution in [0.5, 0.6) is 5.75 Å². The summed E-state index contributed by atoms with van der Waals surface area (Å²) in [5, 5.41) is 5.74. The molecule has 2 aromatic carbocycles. The van der Waals surface area contributed by atoms with Gasteiger partial charge >= 0.3 is 0 Å². The van der Waals surface area contributed by atoms with Crippen LogP contribution < -0.4 is 15.0 Å². The van der Waals surface area contributed by atoms with Crippen molar-refractivity contribution < 1.29 is 14.3 Å². The second-order valence-electron chi connectivity index (χ2n) is 6.53. The molecule has 0 saturated heterocycles. The van der Waals surface area contributed by atoms with E-state index < -0.39 is 6.10 Å². The molecule has 0 fully saturated rings. The largest absolute Gasteiger partial charge is 0.479 e. The molecule has 3 aromatic rings. The van der Waals surface area contributed by atoms with Gasteiger partial charge in [0.2, 0.25) is 5.91 Å². The highest BCUT2D eigenvalue weighted by Gasteiger charge is 2.31. The first-order valence-electron chi connectivity index (χ1n) is 9.10. The third kappa shape index (κ3) is 4.11. The lowest BCUT2D eigenvalue weighted by molar-refractivity contribution is -0.125. The molecule has 0 unspecified atom stereocenters. The van der Waals surface area contributed by atoms with Gasteiger partial charge in [0.15, 0.2) is 11.2 Å². The predicted octanol–water partition coefficient (Wildman–Crippen LogP) is 4.61. The lowest BCUT2D eigenvalue weighted by atomic mass is 10.1. The first-order valence-corrected chi connectivity index (χ1v) is 10.4. The lowest BCUT2D eigenvalue weighted by Crippen LogP contribution is -2.45. The summed E-state index contributed by atoms with van der Waals surface area (Å²) in [7, 11) is 0. The van der Waals surface area contributed by atoms with Gasteiger partial charge in [-0.15, -0.1) is 11.3 Å². The number of halogens is 1. The van der Waals surface area contributed by atoms with Crippen LogP contribution in [0, 0.1) is 0 Å². The van der Waals surface area contributed by atoms with E-state index in [1.165, 1.54) is 11.3 Å². The summed E-state index contributed by atoms with van der Waals surface area (Å²) in [4.78, 5) is 31.0. The number of hydrogen-bond acceptors (Lipinski definition) is 5. The third-order valence-corrected chi connectivity index (χ3v) is 5.62. The number of nitrogens with one attached hydrogen (secondary N) is 1. The van der Waals surface area contributed by atoms with E-state index in [1.807, 2.05) is 47.8 Å². The third-order valence-electron chi connectivity index (χ3n) is 4.54. The van der Waals surface area contributed by atoms with Crippen molar-refractivity contribution in [3.05, 3.63) is 58.9 Å². The number of fused-ring (bicyclic) bond motifs is 1. The molecule has 1 aliphatic heterocycles. The molecule has 0 saturated carbocycles. The number of benzene rings is 2. The Morgan fingerprint density at radius 2 is 2.00 bits per heavy atom. The van der Waals surface area contributed by atoms with Gasteiger partial charge < -0.3 is 15.0 Å². The van der Waals surface area contributed by atoms with Crippen molar-refractivity contribution in [3.63, 3.8) is 0 Å². The number of ether oxygens (including phenoxy) is 1. The summed E-state index contributed by atoms with van der Waals surface area (Å²) < 4.78 is 5.62. The van der Waals surface area contributed by atoms with Gasteiger partial charge in [0.05, 0.1) is 11.4 Å². The normalized spacial score (nSPS) is 15.6. The van der Waals surface area contributed by atoms with Crippen LogP contribution in [-0.4, -0.2) is 29.4 Å². The van der Waals surface area contributed by atoms with E-state index in [0.717, 1.165) is 5.56 Å². The molecule has 1 N–H and O–H groups in total. The van der Waals surface area contributed by atoms with Crippen LogP contribution in [0.4, 0.5) is 10.8 Å². The molecule has 0 spiro atoms. The van der Waals surface area contributed by atoms with Crippen molar-refractivity contribution in [2.75, 3.05) is 16.8 Å².